The lowest BCUT2D eigenvalue weighted by Crippen LogP contribution is -2.38. The molecule has 0 N–H and O–H groups in total. The number of rotatable bonds is 4. The van der Waals surface area contributed by atoms with E-state index in [0.29, 0.717) is 40.4 Å². The number of para-hydroxylation sites is 1. The Morgan fingerprint density at radius 1 is 0.853 bits per heavy atom. The number of halogens is 3. The van der Waals surface area contributed by atoms with Crippen molar-refractivity contribution in [2.75, 3.05) is 13.1 Å². The molecule has 5 rings (SSSR count). The Morgan fingerprint density at radius 2 is 1.47 bits per heavy atom. The van der Waals surface area contributed by atoms with Crippen LogP contribution in [-0.2, 0) is 0 Å². The molecule has 7 heteroatoms. The average molecular weight is 510 g/mol. The Balaban J connectivity index is 1.42. The molecule has 1 fully saturated rings. The van der Waals surface area contributed by atoms with Gasteiger partial charge in [0.1, 0.15) is 0 Å². The van der Waals surface area contributed by atoms with E-state index in [4.69, 9.17) is 34.8 Å². The number of carbonyl (C=O) groups excluding carboxylic acids is 1. The fraction of sp³-hybridized carbons (Fsp3) is 0.185. The van der Waals surface area contributed by atoms with Crippen molar-refractivity contribution < 1.29 is 4.79 Å². The smallest absolute Gasteiger partial charge is 0.275 e. The van der Waals surface area contributed by atoms with E-state index in [0.717, 1.165) is 23.4 Å². The zero-order chi connectivity index (χ0) is 23.7. The Labute approximate surface area is 213 Å². The van der Waals surface area contributed by atoms with E-state index in [1.165, 1.54) is 5.56 Å². The molecule has 1 aliphatic heterocycles. The number of likely N-dealkylation sites (tertiary alicyclic amines) is 1. The van der Waals surface area contributed by atoms with Gasteiger partial charge in [-0.1, -0.05) is 71.2 Å². The number of amides is 1. The molecule has 34 heavy (non-hydrogen) atoms. The van der Waals surface area contributed by atoms with Crippen molar-refractivity contribution in [3.05, 3.63) is 105 Å². The summed E-state index contributed by atoms with van der Waals surface area (Å²) in [4.78, 5) is 15.3. The first-order chi connectivity index (χ1) is 16.5. The summed E-state index contributed by atoms with van der Waals surface area (Å²) in [5.41, 5.74) is 3.72. The van der Waals surface area contributed by atoms with Crippen LogP contribution in [0.3, 0.4) is 0 Å². The number of benzene rings is 3. The van der Waals surface area contributed by atoms with Crippen molar-refractivity contribution >= 4 is 40.7 Å². The molecule has 0 atom stereocenters. The molecule has 1 aliphatic rings. The van der Waals surface area contributed by atoms with Gasteiger partial charge in [-0.15, -0.1) is 0 Å². The third kappa shape index (κ3) is 4.72. The SMILES string of the molecule is O=C(c1[c]c(-c2ccc(Cl)cc2)n(-c2ccccc2Cl)n1)N1CCC(c2ccc(Cl)cc2)CC1. The van der Waals surface area contributed by atoms with Crippen molar-refractivity contribution in [2.24, 2.45) is 0 Å². The van der Waals surface area contributed by atoms with Crippen LogP contribution in [0.25, 0.3) is 16.9 Å². The molecule has 3 aromatic carbocycles. The number of hydrogen-bond acceptors (Lipinski definition) is 2. The Hall–Kier alpha value is -2.79. The Bertz CT molecular complexity index is 1310. The van der Waals surface area contributed by atoms with Crippen LogP contribution in [0.1, 0.15) is 34.8 Å². The lowest BCUT2D eigenvalue weighted by Gasteiger charge is -2.31. The zero-order valence-corrected chi connectivity index (χ0v) is 20.5. The van der Waals surface area contributed by atoms with Gasteiger partial charge < -0.3 is 4.90 Å². The molecule has 1 saturated heterocycles. The molecule has 0 unspecified atom stereocenters. The van der Waals surface area contributed by atoms with E-state index in [9.17, 15) is 4.79 Å². The maximum absolute atomic E-state index is 13.4. The van der Waals surface area contributed by atoms with Crippen molar-refractivity contribution in [2.45, 2.75) is 18.8 Å². The van der Waals surface area contributed by atoms with Gasteiger partial charge in [-0.3, -0.25) is 4.79 Å². The van der Waals surface area contributed by atoms with Gasteiger partial charge in [0.05, 0.1) is 16.4 Å². The monoisotopic (exact) mass is 508 g/mol. The number of piperidine rings is 1. The van der Waals surface area contributed by atoms with Gasteiger partial charge in [0.2, 0.25) is 0 Å². The van der Waals surface area contributed by atoms with Crippen LogP contribution in [0.15, 0.2) is 72.8 Å². The predicted molar refractivity (Wildman–Crippen MR) is 137 cm³/mol. The Morgan fingerprint density at radius 3 is 2.12 bits per heavy atom. The van der Waals surface area contributed by atoms with Crippen molar-refractivity contribution in [1.82, 2.24) is 14.7 Å². The highest BCUT2D eigenvalue weighted by Gasteiger charge is 2.27. The van der Waals surface area contributed by atoms with Crippen molar-refractivity contribution in [3.8, 4) is 16.9 Å². The molecule has 4 aromatic rings. The van der Waals surface area contributed by atoms with Gasteiger partial charge in [-0.05, 0) is 60.7 Å². The fourth-order valence-electron chi connectivity index (χ4n) is 4.34. The van der Waals surface area contributed by atoms with E-state index in [1.807, 2.05) is 47.4 Å². The minimum absolute atomic E-state index is 0.129. The summed E-state index contributed by atoms with van der Waals surface area (Å²) < 4.78 is 1.68. The van der Waals surface area contributed by atoms with Gasteiger partial charge in [0.15, 0.2) is 5.69 Å². The average Bonchev–Trinajstić information content (AvgIpc) is 3.30. The van der Waals surface area contributed by atoms with E-state index < -0.39 is 0 Å². The Kier molecular flexibility index (Phi) is 6.64. The molecule has 4 nitrogen and oxygen atoms in total. The molecule has 1 radical (unpaired) electrons. The van der Waals surface area contributed by atoms with E-state index in [2.05, 4.69) is 23.3 Å². The highest BCUT2D eigenvalue weighted by molar-refractivity contribution is 6.32. The molecule has 1 aromatic heterocycles. The number of aromatic nitrogens is 2. The largest absolute Gasteiger partial charge is 0.337 e. The highest BCUT2D eigenvalue weighted by atomic mass is 35.5. The lowest BCUT2D eigenvalue weighted by atomic mass is 9.89. The third-order valence-electron chi connectivity index (χ3n) is 6.17. The minimum Gasteiger partial charge on any atom is -0.337 e. The fourth-order valence-corrected chi connectivity index (χ4v) is 4.80. The van der Waals surface area contributed by atoms with Crippen LogP contribution in [0.2, 0.25) is 15.1 Å². The minimum atomic E-state index is -0.129. The van der Waals surface area contributed by atoms with Gasteiger partial charge in [0, 0.05) is 34.8 Å². The summed E-state index contributed by atoms with van der Waals surface area (Å²) >= 11 is 18.6. The molecule has 171 valence electrons. The summed E-state index contributed by atoms with van der Waals surface area (Å²) in [5.74, 6) is 0.284. The van der Waals surface area contributed by atoms with Crippen LogP contribution in [0.4, 0.5) is 0 Å². The van der Waals surface area contributed by atoms with Crippen LogP contribution < -0.4 is 0 Å². The second kappa shape index (κ2) is 9.83. The predicted octanol–water partition coefficient (Wildman–Crippen LogP) is 7.32. The van der Waals surface area contributed by atoms with Gasteiger partial charge in [-0.2, -0.15) is 5.10 Å². The van der Waals surface area contributed by atoms with Crippen LogP contribution in [0.5, 0.6) is 0 Å². The number of nitrogens with zero attached hydrogens (tertiary/aromatic N) is 3. The third-order valence-corrected chi connectivity index (χ3v) is 7.00. The summed E-state index contributed by atoms with van der Waals surface area (Å²) in [7, 11) is 0. The molecule has 0 spiro atoms. The van der Waals surface area contributed by atoms with Crippen molar-refractivity contribution in [1.29, 1.82) is 0 Å². The number of carbonyl (C=O) groups is 1. The maximum atomic E-state index is 13.4. The standard InChI is InChI=1S/C27H21Cl3N3O/c28-21-9-5-18(6-10-21)19-13-15-32(16-14-19)27(34)24-17-26(20-7-11-22(29)12-8-20)33(31-24)25-4-2-1-3-23(25)30/h1-12,19H,13-16H2. The van der Waals surface area contributed by atoms with E-state index >= 15 is 0 Å². The molecule has 0 bridgehead atoms. The first-order valence-corrected chi connectivity index (χ1v) is 12.2. The van der Waals surface area contributed by atoms with Crippen LogP contribution >= 0.6 is 34.8 Å². The molecular formula is C27H21Cl3N3O. The van der Waals surface area contributed by atoms with E-state index in [1.54, 1.807) is 22.9 Å². The first kappa shape index (κ1) is 23.0. The zero-order valence-electron chi connectivity index (χ0n) is 18.2. The van der Waals surface area contributed by atoms with Crippen LogP contribution in [0, 0.1) is 6.07 Å². The normalized spacial score (nSPS) is 14.4. The van der Waals surface area contributed by atoms with Gasteiger partial charge >= 0.3 is 0 Å². The van der Waals surface area contributed by atoms with Gasteiger partial charge in [0.25, 0.3) is 5.91 Å². The molecular weight excluding hydrogens is 489 g/mol. The molecule has 2 heterocycles. The topological polar surface area (TPSA) is 38.1 Å². The lowest BCUT2D eigenvalue weighted by molar-refractivity contribution is 0.0706. The summed E-state index contributed by atoms with van der Waals surface area (Å²) in [6.45, 7) is 1.32. The second-order valence-electron chi connectivity index (χ2n) is 8.31. The van der Waals surface area contributed by atoms with E-state index in [-0.39, 0.29) is 11.6 Å². The quantitative estimate of drug-likeness (QED) is 0.289. The summed E-state index contributed by atoms with van der Waals surface area (Å²) in [6, 6.07) is 26.0. The molecule has 0 aliphatic carbocycles. The summed E-state index contributed by atoms with van der Waals surface area (Å²) in [6.07, 6.45) is 1.78. The van der Waals surface area contributed by atoms with Gasteiger partial charge in [-0.25, -0.2) is 4.68 Å². The summed E-state index contributed by atoms with van der Waals surface area (Å²) in [5, 5.41) is 6.54. The molecule has 1 amide bonds. The van der Waals surface area contributed by atoms with Crippen molar-refractivity contribution in [3.63, 3.8) is 0 Å². The van der Waals surface area contributed by atoms with Crippen LogP contribution in [-0.4, -0.2) is 33.7 Å². The number of hydrogen-bond donors (Lipinski definition) is 0. The maximum Gasteiger partial charge on any atom is 0.275 e. The second-order valence-corrected chi connectivity index (χ2v) is 9.59. The molecule has 0 saturated carbocycles. The highest BCUT2D eigenvalue weighted by Crippen LogP contribution is 2.31. The first-order valence-electron chi connectivity index (χ1n) is 11.1.